The number of aromatic nitrogens is 2. The molecule has 2 aromatic heterocycles. The first-order valence-electron chi connectivity index (χ1n) is 9.56. The summed E-state index contributed by atoms with van der Waals surface area (Å²) in [6.45, 7) is 2.49. The Hall–Kier alpha value is -2.12. The lowest BCUT2D eigenvalue weighted by molar-refractivity contribution is -0.119. The fraction of sp³-hybridized carbons (Fsp3) is 0.381. The van der Waals surface area contributed by atoms with Crippen LogP contribution < -0.4 is 10.9 Å². The number of nitrogens with zero attached hydrogens (tertiary/aromatic N) is 2. The predicted molar refractivity (Wildman–Crippen MR) is 115 cm³/mol. The molecule has 1 aliphatic rings. The van der Waals surface area contributed by atoms with Crippen LogP contribution in [0.3, 0.4) is 0 Å². The van der Waals surface area contributed by atoms with E-state index < -0.39 is 0 Å². The van der Waals surface area contributed by atoms with Gasteiger partial charge in [0.05, 0.1) is 17.8 Å². The van der Waals surface area contributed by atoms with Crippen LogP contribution in [0.5, 0.6) is 0 Å². The molecule has 0 saturated heterocycles. The standard InChI is InChI=1S/C21H23N3O2S2/c1-14-6-8-15(9-7-14)12-24-20(26)19-17(10-11-27-19)23-21(24)28-13-18(25)22-16-4-2-3-5-16/h6-11,16H,2-5,12-13H2,1H3,(H,22,25). The number of benzene rings is 1. The molecule has 0 spiro atoms. The Morgan fingerprint density at radius 3 is 2.75 bits per heavy atom. The molecule has 1 aromatic carbocycles. The van der Waals surface area contributed by atoms with Crippen LogP contribution in [0, 0.1) is 6.92 Å². The van der Waals surface area contributed by atoms with Gasteiger partial charge in [0.1, 0.15) is 4.70 Å². The van der Waals surface area contributed by atoms with E-state index in [1.54, 1.807) is 4.57 Å². The van der Waals surface area contributed by atoms with Crippen molar-refractivity contribution in [1.82, 2.24) is 14.9 Å². The Morgan fingerprint density at radius 2 is 2.00 bits per heavy atom. The summed E-state index contributed by atoms with van der Waals surface area (Å²) in [5.41, 5.74) is 2.89. The van der Waals surface area contributed by atoms with Gasteiger partial charge >= 0.3 is 0 Å². The molecule has 28 heavy (non-hydrogen) atoms. The Labute approximate surface area is 172 Å². The number of thioether (sulfide) groups is 1. The van der Waals surface area contributed by atoms with Gasteiger partial charge in [-0.05, 0) is 36.8 Å². The third-order valence-corrected chi connectivity index (χ3v) is 6.91. The van der Waals surface area contributed by atoms with E-state index in [9.17, 15) is 9.59 Å². The van der Waals surface area contributed by atoms with Crippen LogP contribution in [-0.2, 0) is 11.3 Å². The van der Waals surface area contributed by atoms with E-state index in [2.05, 4.69) is 10.3 Å². The largest absolute Gasteiger partial charge is 0.353 e. The molecule has 3 aromatic rings. The van der Waals surface area contributed by atoms with E-state index in [1.165, 1.54) is 41.5 Å². The molecule has 2 heterocycles. The molecule has 0 aliphatic heterocycles. The molecule has 0 radical (unpaired) electrons. The molecule has 0 atom stereocenters. The molecule has 146 valence electrons. The van der Waals surface area contributed by atoms with Gasteiger partial charge in [0.2, 0.25) is 5.91 Å². The SMILES string of the molecule is Cc1ccc(Cn2c(SCC(=O)NC3CCCC3)nc3ccsc3c2=O)cc1. The second-order valence-electron chi connectivity index (χ2n) is 7.24. The first-order chi connectivity index (χ1) is 13.6. The van der Waals surface area contributed by atoms with Crippen LogP contribution in [-0.4, -0.2) is 27.3 Å². The van der Waals surface area contributed by atoms with Crippen LogP contribution >= 0.6 is 23.1 Å². The van der Waals surface area contributed by atoms with Gasteiger partial charge in [-0.25, -0.2) is 4.98 Å². The summed E-state index contributed by atoms with van der Waals surface area (Å²) in [7, 11) is 0. The molecule has 1 N–H and O–H groups in total. The number of aryl methyl sites for hydroxylation is 1. The van der Waals surface area contributed by atoms with E-state index >= 15 is 0 Å². The van der Waals surface area contributed by atoms with Crippen molar-refractivity contribution < 1.29 is 4.79 Å². The van der Waals surface area contributed by atoms with Gasteiger partial charge in [0.25, 0.3) is 5.56 Å². The maximum absolute atomic E-state index is 13.0. The van der Waals surface area contributed by atoms with Gasteiger partial charge in [-0.1, -0.05) is 54.4 Å². The van der Waals surface area contributed by atoms with Gasteiger partial charge in [-0.2, -0.15) is 0 Å². The van der Waals surface area contributed by atoms with Crippen LogP contribution in [0.1, 0.15) is 36.8 Å². The van der Waals surface area contributed by atoms with Crippen molar-refractivity contribution in [3.05, 3.63) is 57.2 Å². The molecular weight excluding hydrogens is 390 g/mol. The molecule has 1 saturated carbocycles. The second kappa shape index (κ2) is 8.49. The van der Waals surface area contributed by atoms with Crippen molar-refractivity contribution in [2.45, 2.75) is 50.4 Å². The molecule has 0 unspecified atom stereocenters. The normalized spacial score (nSPS) is 14.6. The number of nitrogens with one attached hydrogen (secondary N) is 1. The highest BCUT2D eigenvalue weighted by Crippen LogP contribution is 2.22. The predicted octanol–water partition coefficient (Wildman–Crippen LogP) is 3.97. The van der Waals surface area contributed by atoms with E-state index in [-0.39, 0.29) is 17.2 Å². The quantitative estimate of drug-likeness (QED) is 0.491. The average molecular weight is 414 g/mol. The third-order valence-electron chi connectivity index (χ3n) is 5.04. The monoisotopic (exact) mass is 413 g/mol. The molecule has 0 bridgehead atoms. The molecule has 4 rings (SSSR count). The Kier molecular flexibility index (Phi) is 5.82. The zero-order valence-corrected chi connectivity index (χ0v) is 17.4. The molecule has 1 amide bonds. The van der Waals surface area contributed by atoms with Gasteiger partial charge in [0.15, 0.2) is 5.16 Å². The van der Waals surface area contributed by atoms with Crippen molar-refractivity contribution in [2.24, 2.45) is 0 Å². The van der Waals surface area contributed by atoms with Crippen LogP contribution in [0.15, 0.2) is 45.7 Å². The molecule has 1 aliphatic carbocycles. The zero-order chi connectivity index (χ0) is 19.5. The third kappa shape index (κ3) is 4.31. The second-order valence-corrected chi connectivity index (χ2v) is 9.10. The summed E-state index contributed by atoms with van der Waals surface area (Å²) in [4.78, 5) is 30.0. The smallest absolute Gasteiger partial charge is 0.272 e. The van der Waals surface area contributed by atoms with Crippen LogP contribution in [0.25, 0.3) is 10.2 Å². The molecular formula is C21H23N3O2S2. The summed E-state index contributed by atoms with van der Waals surface area (Å²) in [6.07, 6.45) is 4.50. The number of hydrogen-bond donors (Lipinski definition) is 1. The minimum atomic E-state index is -0.0423. The van der Waals surface area contributed by atoms with Crippen molar-refractivity contribution in [1.29, 1.82) is 0 Å². The van der Waals surface area contributed by atoms with Crippen molar-refractivity contribution in [3.8, 4) is 0 Å². The van der Waals surface area contributed by atoms with Crippen LogP contribution in [0.4, 0.5) is 0 Å². The van der Waals surface area contributed by atoms with Crippen molar-refractivity contribution in [2.75, 3.05) is 5.75 Å². The lowest BCUT2D eigenvalue weighted by atomic mass is 10.1. The first-order valence-corrected chi connectivity index (χ1v) is 11.4. The number of hydrogen-bond acceptors (Lipinski definition) is 5. The molecule has 7 heteroatoms. The van der Waals surface area contributed by atoms with Crippen molar-refractivity contribution in [3.63, 3.8) is 0 Å². The minimum absolute atomic E-state index is 0.0125. The maximum Gasteiger partial charge on any atom is 0.272 e. The Bertz CT molecular complexity index is 1030. The lowest BCUT2D eigenvalue weighted by Gasteiger charge is -2.14. The highest BCUT2D eigenvalue weighted by molar-refractivity contribution is 7.99. The van der Waals surface area contributed by atoms with E-state index in [0.29, 0.717) is 28.0 Å². The fourth-order valence-electron chi connectivity index (χ4n) is 3.52. The van der Waals surface area contributed by atoms with Gasteiger partial charge in [-0.3, -0.25) is 14.2 Å². The summed E-state index contributed by atoms with van der Waals surface area (Å²) in [5.74, 6) is 0.283. The topological polar surface area (TPSA) is 64.0 Å². The minimum Gasteiger partial charge on any atom is -0.353 e. The Balaban J connectivity index is 1.57. The van der Waals surface area contributed by atoms with Gasteiger partial charge in [0, 0.05) is 6.04 Å². The average Bonchev–Trinajstić information content (AvgIpc) is 3.36. The fourth-order valence-corrected chi connectivity index (χ4v) is 5.11. The molecule has 5 nitrogen and oxygen atoms in total. The van der Waals surface area contributed by atoms with Gasteiger partial charge in [-0.15, -0.1) is 11.3 Å². The highest BCUT2D eigenvalue weighted by atomic mass is 32.2. The Morgan fingerprint density at radius 1 is 1.25 bits per heavy atom. The number of thiophene rings is 1. The van der Waals surface area contributed by atoms with Gasteiger partial charge < -0.3 is 5.32 Å². The number of amides is 1. The van der Waals surface area contributed by atoms with Crippen LogP contribution in [0.2, 0.25) is 0 Å². The summed E-state index contributed by atoms with van der Waals surface area (Å²) in [6, 6.07) is 10.3. The number of carbonyl (C=O) groups is 1. The summed E-state index contributed by atoms with van der Waals surface area (Å²) >= 11 is 2.75. The van der Waals surface area contributed by atoms with E-state index in [1.807, 2.05) is 42.6 Å². The summed E-state index contributed by atoms with van der Waals surface area (Å²) < 4.78 is 2.35. The van der Waals surface area contributed by atoms with Crippen molar-refractivity contribution >= 4 is 39.2 Å². The number of fused-ring (bicyclic) bond motifs is 1. The zero-order valence-electron chi connectivity index (χ0n) is 15.8. The number of carbonyl (C=O) groups excluding carboxylic acids is 1. The maximum atomic E-state index is 13.0. The molecule has 1 fully saturated rings. The first kappa shape index (κ1) is 19.2. The highest BCUT2D eigenvalue weighted by Gasteiger charge is 2.19. The van der Waals surface area contributed by atoms with E-state index in [0.717, 1.165) is 18.4 Å². The lowest BCUT2D eigenvalue weighted by Crippen LogP contribution is -2.34. The number of rotatable bonds is 6. The van der Waals surface area contributed by atoms with E-state index in [4.69, 9.17) is 0 Å². The summed E-state index contributed by atoms with van der Waals surface area (Å²) in [5, 5.41) is 5.58.